The van der Waals surface area contributed by atoms with E-state index in [0.717, 1.165) is 0 Å². The summed E-state index contributed by atoms with van der Waals surface area (Å²) >= 11 is 3.38. The number of benzene rings is 2. The number of methoxy groups -OCH3 is 2. The van der Waals surface area contributed by atoms with Gasteiger partial charge in [-0.25, -0.2) is 4.79 Å². The lowest BCUT2D eigenvalue weighted by molar-refractivity contribution is -0.130. The number of carboxylic acids is 1. The van der Waals surface area contributed by atoms with Crippen LogP contribution in [0.4, 0.5) is 5.69 Å². The molecule has 0 heterocycles. The average Bonchev–Trinajstić information content (AvgIpc) is 2.54. The Kier molecular flexibility index (Phi) is 5.28. The first-order valence-electron chi connectivity index (χ1n) is 6.69. The Morgan fingerprint density at radius 1 is 1.17 bits per heavy atom. The summed E-state index contributed by atoms with van der Waals surface area (Å²) in [7, 11) is 3.01. The molecule has 0 aliphatic rings. The molecule has 120 valence electrons. The molecule has 2 aromatic rings. The van der Waals surface area contributed by atoms with Crippen LogP contribution in [-0.2, 0) is 4.79 Å². The van der Waals surface area contributed by atoms with Crippen molar-refractivity contribution in [3.63, 3.8) is 0 Å². The van der Waals surface area contributed by atoms with Crippen molar-refractivity contribution in [1.29, 1.82) is 0 Å². The lowest BCUT2D eigenvalue weighted by Gasteiger charge is -2.13. The SMILES string of the molecule is COc1cc(Br)c(/C(=C\c2ccccc2N)C(=O)O)cc1OC. The quantitative estimate of drug-likeness (QED) is 0.471. The van der Waals surface area contributed by atoms with Crippen LogP contribution in [0, 0.1) is 0 Å². The van der Waals surface area contributed by atoms with Gasteiger partial charge >= 0.3 is 5.97 Å². The van der Waals surface area contributed by atoms with E-state index in [2.05, 4.69) is 15.9 Å². The summed E-state index contributed by atoms with van der Waals surface area (Å²) in [6.07, 6.45) is 1.53. The monoisotopic (exact) mass is 377 g/mol. The van der Waals surface area contributed by atoms with Crippen LogP contribution in [0.1, 0.15) is 11.1 Å². The molecule has 0 spiro atoms. The molecule has 0 aliphatic heterocycles. The van der Waals surface area contributed by atoms with Gasteiger partial charge in [-0.1, -0.05) is 34.1 Å². The molecule has 0 aliphatic carbocycles. The smallest absolute Gasteiger partial charge is 0.336 e. The second-order valence-corrected chi connectivity index (χ2v) is 5.53. The Hall–Kier alpha value is -2.47. The minimum atomic E-state index is -1.07. The number of nitrogens with two attached hydrogens (primary N) is 1. The van der Waals surface area contributed by atoms with Crippen LogP contribution in [-0.4, -0.2) is 25.3 Å². The van der Waals surface area contributed by atoms with Crippen molar-refractivity contribution in [2.45, 2.75) is 0 Å². The number of anilines is 1. The van der Waals surface area contributed by atoms with E-state index >= 15 is 0 Å². The number of nitrogen functional groups attached to an aromatic ring is 1. The van der Waals surface area contributed by atoms with Crippen molar-refractivity contribution in [3.8, 4) is 11.5 Å². The Morgan fingerprint density at radius 3 is 2.35 bits per heavy atom. The number of ether oxygens (including phenoxy) is 2. The maximum absolute atomic E-state index is 11.7. The fourth-order valence-corrected chi connectivity index (χ4v) is 2.65. The molecule has 23 heavy (non-hydrogen) atoms. The van der Waals surface area contributed by atoms with E-state index in [9.17, 15) is 9.90 Å². The average molecular weight is 378 g/mol. The topological polar surface area (TPSA) is 81.8 Å². The minimum Gasteiger partial charge on any atom is -0.493 e. The molecule has 0 aromatic heterocycles. The second-order valence-electron chi connectivity index (χ2n) is 4.68. The van der Waals surface area contributed by atoms with Gasteiger partial charge in [0.2, 0.25) is 0 Å². The van der Waals surface area contributed by atoms with Gasteiger partial charge in [-0.2, -0.15) is 0 Å². The molecule has 0 bridgehead atoms. The normalized spacial score (nSPS) is 11.2. The molecule has 0 saturated heterocycles. The third-order valence-electron chi connectivity index (χ3n) is 3.29. The predicted molar refractivity (Wildman–Crippen MR) is 93.6 cm³/mol. The number of aliphatic carboxylic acids is 1. The van der Waals surface area contributed by atoms with Crippen LogP contribution in [0.25, 0.3) is 11.6 Å². The highest BCUT2D eigenvalue weighted by Crippen LogP contribution is 2.37. The van der Waals surface area contributed by atoms with Crippen molar-refractivity contribution in [2.75, 3.05) is 20.0 Å². The van der Waals surface area contributed by atoms with Gasteiger partial charge in [0.05, 0.1) is 19.8 Å². The molecule has 2 aromatic carbocycles. The highest BCUT2D eigenvalue weighted by Gasteiger charge is 2.18. The molecule has 2 rings (SSSR count). The van der Waals surface area contributed by atoms with Crippen LogP contribution in [0.3, 0.4) is 0 Å². The van der Waals surface area contributed by atoms with Crippen molar-refractivity contribution >= 4 is 39.2 Å². The number of halogens is 1. The number of hydrogen-bond donors (Lipinski definition) is 2. The van der Waals surface area contributed by atoms with Crippen molar-refractivity contribution in [3.05, 3.63) is 52.0 Å². The maximum Gasteiger partial charge on any atom is 0.336 e. The first-order valence-corrected chi connectivity index (χ1v) is 7.48. The Morgan fingerprint density at radius 2 is 1.78 bits per heavy atom. The summed E-state index contributed by atoms with van der Waals surface area (Å²) in [6, 6.07) is 10.3. The summed E-state index contributed by atoms with van der Waals surface area (Å²) in [5.74, 6) is -0.118. The Balaban J connectivity index is 2.64. The standard InChI is InChI=1S/C17H16BrNO4/c1-22-15-8-11(13(18)9-16(15)23-2)12(17(20)21)7-10-5-3-4-6-14(10)19/h3-9H,19H2,1-2H3,(H,20,21)/b12-7+. The van der Waals surface area contributed by atoms with Gasteiger partial charge in [-0.15, -0.1) is 0 Å². The molecule has 0 radical (unpaired) electrons. The minimum absolute atomic E-state index is 0.0933. The maximum atomic E-state index is 11.7. The van der Waals surface area contributed by atoms with E-state index in [1.807, 2.05) is 0 Å². The molecular weight excluding hydrogens is 362 g/mol. The van der Waals surface area contributed by atoms with Gasteiger partial charge < -0.3 is 20.3 Å². The number of hydrogen-bond acceptors (Lipinski definition) is 4. The lowest BCUT2D eigenvalue weighted by atomic mass is 10.0. The summed E-state index contributed by atoms with van der Waals surface area (Å²) in [4.78, 5) is 11.7. The zero-order valence-corrected chi connectivity index (χ0v) is 14.3. The van der Waals surface area contributed by atoms with Crippen molar-refractivity contribution in [1.82, 2.24) is 0 Å². The van der Waals surface area contributed by atoms with Crippen LogP contribution in [0.2, 0.25) is 0 Å². The van der Waals surface area contributed by atoms with E-state index in [1.54, 1.807) is 36.4 Å². The van der Waals surface area contributed by atoms with Crippen LogP contribution < -0.4 is 15.2 Å². The third kappa shape index (κ3) is 3.65. The van der Waals surface area contributed by atoms with E-state index in [1.165, 1.54) is 20.3 Å². The lowest BCUT2D eigenvalue weighted by Crippen LogP contribution is -2.02. The fourth-order valence-electron chi connectivity index (χ4n) is 2.11. The van der Waals surface area contributed by atoms with Gasteiger partial charge in [0.15, 0.2) is 11.5 Å². The zero-order chi connectivity index (χ0) is 17.0. The molecule has 0 atom stereocenters. The highest BCUT2D eigenvalue weighted by atomic mass is 79.9. The van der Waals surface area contributed by atoms with Crippen LogP contribution in [0.15, 0.2) is 40.9 Å². The first kappa shape index (κ1) is 16.9. The van der Waals surface area contributed by atoms with Gasteiger partial charge in [0.1, 0.15) is 0 Å². The van der Waals surface area contributed by atoms with Crippen LogP contribution in [0.5, 0.6) is 11.5 Å². The van der Waals surface area contributed by atoms with Gasteiger partial charge in [0, 0.05) is 15.7 Å². The number of carboxylic acid groups (broad SMARTS) is 1. The summed E-state index contributed by atoms with van der Waals surface area (Å²) in [5, 5.41) is 9.59. The number of rotatable bonds is 5. The molecular formula is C17H16BrNO4. The summed E-state index contributed by atoms with van der Waals surface area (Å²) in [6.45, 7) is 0. The Labute approximate surface area is 142 Å². The van der Waals surface area contributed by atoms with Gasteiger partial charge in [0.25, 0.3) is 0 Å². The molecule has 0 fully saturated rings. The molecule has 0 saturated carbocycles. The van der Waals surface area contributed by atoms with E-state index < -0.39 is 5.97 Å². The number of carbonyl (C=O) groups is 1. The van der Waals surface area contributed by atoms with E-state index in [-0.39, 0.29) is 5.57 Å². The first-order chi connectivity index (χ1) is 11.0. The molecule has 3 N–H and O–H groups in total. The molecule has 5 nitrogen and oxygen atoms in total. The van der Waals surface area contributed by atoms with Crippen LogP contribution >= 0.6 is 15.9 Å². The Bertz CT molecular complexity index is 771. The number of para-hydroxylation sites is 1. The van der Waals surface area contributed by atoms with Crippen molar-refractivity contribution < 1.29 is 19.4 Å². The molecule has 6 heteroatoms. The van der Waals surface area contributed by atoms with Crippen molar-refractivity contribution in [2.24, 2.45) is 0 Å². The van der Waals surface area contributed by atoms with E-state index in [0.29, 0.717) is 32.8 Å². The molecule has 0 amide bonds. The molecule has 0 unspecified atom stereocenters. The zero-order valence-electron chi connectivity index (χ0n) is 12.7. The summed E-state index contributed by atoms with van der Waals surface area (Å²) < 4.78 is 11.0. The van der Waals surface area contributed by atoms with Gasteiger partial charge in [-0.05, 0) is 29.8 Å². The second kappa shape index (κ2) is 7.19. The fraction of sp³-hybridized carbons (Fsp3) is 0.118. The predicted octanol–water partition coefficient (Wildman–Crippen LogP) is 3.67. The highest BCUT2D eigenvalue weighted by molar-refractivity contribution is 9.10. The third-order valence-corrected chi connectivity index (χ3v) is 3.95. The van der Waals surface area contributed by atoms with Gasteiger partial charge in [-0.3, -0.25) is 0 Å². The summed E-state index contributed by atoms with van der Waals surface area (Å²) in [5.41, 5.74) is 7.59. The van der Waals surface area contributed by atoms with E-state index in [4.69, 9.17) is 15.2 Å². The largest absolute Gasteiger partial charge is 0.493 e.